The molecule has 1 aliphatic rings. The predicted molar refractivity (Wildman–Crippen MR) is 65.0 cm³/mol. The molecule has 0 saturated heterocycles. The largest absolute Gasteiger partial charge is 0.389 e. The van der Waals surface area contributed by atoms with Crippen LogP contribution in [0.1, 0.15) is 58.8 Å². The lowest BCUT2D eigenvalue weighted by molar-refractivity contribution is 0.0245. The molecule has 2 heteroatoms. The fourth-order valence-electron chi connectivity index (χ4n) is 2.54. The summed E-state index contributed by atoms with van der Waals surface area (Å²) >= 11 is 0. The topological polar surface area (TPSA) is 32.3 Å². The molecule has 0 bridgehead atoms. The maximum absolute atomic E-state index is 10.4. The molecule has 2 atom stereocenters. The first-order chi connectivity index (χ1) is 7.20. The van der Waals surface area contributed by atoms with Crippen LogP contribution >= 0.6 is 0 Å². The van der Waals surface area contributed by atoms with E-state index in [9.17, 15) is 5.11 Å². The van der Waals surface area contributed by atoms with Gasteiger partial charge in [0.2, 0.25) is 0 Å². The Kier molecular flexibility index (Phi) is 5.62. The average Bonchev–Trinajstić information content (AvgIpc) is 2.41. The Bertz CT molecular complexity index is 172. The van der Waals surface area contributed by atoms with Gasteiger partial charge in [0.25, 0.3) is 0 Å². The first kappa shape index (κ1) is 13.0. The molecule has 1 saturated carbocycles. The van der Waals surface area contributed by atoms with Crippen molar-refractivity contribution >= 4 is 0 Å². The normalized spacial score (nSPS) is 32.6. The van der Waals surface area contributed by atoms with Crippen LogP contribution in [0.3, 0.4) is 0 Å². The molecule has 1 aliphatic carbocycles. The van der Waals surface area contributed by atoms with E-state index in [1.54, 1.807) is 0 Å². The van der Waals surface area contributed by atoms with Gasteiger partial charge in [-0.05, 0) is 38.1 Å². The molecule has 0 aromatic carbocycles. The van der Waals surface area contributed by atoms with E-state index in [1.165, 1.54) is 25.7 Å². The maximum Gasteiger partial charge on any atom is 0.0771 e. The van der Waals surface area contributed by atoms with Crippen LogP contribution in [0.25, 0.3) is 0 Å². The molecular weight excluding hydrogens is 186 g/mol. The van der Waals surface area contributed by atoms with E-state index in [-0.39, 0.29) is 0 Å². The SMILES string of the molecule is CCCNCC1(O)CCCC(CC)CC1. The molecule has 0 aromatic rings. The second kappa shape index (κ2) is 6.49. The van der Waals surface area contributed by atoms with Crippen LogP contribution in [0.15, 0.2) is 0 Å². The minimum absolute atomic E-state index is 0.418. The van der Waals surface area contributed by atoms with Gasteiger partial charge in [-0.15, -0.1) is 0 Å². The molecule has 0 spiro atoms. The quantitative estimate of drug-likeness (QED) is 0.543. The summed E-state index contributed by atoms with van der Waals surface area (Å²) in [6.07, 6.45) is 8.12. The van der Waals surface area contributed by atoms with E-state index in [0.29, 0.717) is 0 Å². The second-order valence-electron chi connectivity index (χ2n) is 5.11. The molecule has 0 amide bonds. The Morgan fingerprint density at radius 1 is 1.27 bits per heavy atom. The van der Waals surface area contributed by atoms with Crippen LogP contribution in [0, 0.1) is 5.92 Å². The average molecular weight is 213 g/mol. The van der Waals surface area contributed by atoms with Crippen LogP contribution in [-0.4, -0.2) is 23.8 Å². The van der Waals surface area contributed by atoms with Gasteiger partial charge in [-0.1, -0.05) is 33.1 Å². The molecule has 1 fully saturated rings. The standard InChI is InChI=1S/C13H27NO/c1-3-10-14-11-13(15)8-5-6-12(4-2)7-9-13/h12,14-15H,3-11H2,1-2H3. The van der Waals surface area contributed by atoms with E-state index in [2.05, 4.69) is 19.2 Å². The fraction of sp³-hybridized carbons (Fsp3) is 1.00. The Labute approximate surface area is 94.5 Å². The molecule has 0 heterocycles. The smallest absolute Gasteiger partial charge is 0.0771 e. The van der Waals surface area contributed by atoms with E-state index >= 15 is 0 Å². The third-order valence-electron chi connectivity index (χ3n) is 3.73. The Morgan fingerprint density at radius 3 is 2.73 bits per heavy atom. The summed E-state index contributed by atoms with van der Waals surface area (Å²) in [5.74, 6) is 0.852. The highest BCUT2D eigenvalue weighted by atomic mass is 16.3. The van der Waals surface area contributed by atoms with Crippen molar-refractivity contribution in [3.05, 3.63) is 0 Å². The minimum Gasteiger partial charge on any atom is -0.389 e. The lowest BCUT2D eigenvalue weighted by Crippen LogP contribution is -2.40. The minimum atomic E-state index is -0.418. The zero-order valence-electron chi connectivity index (χ0n) is 10.4. The molecule has 2 unspecified atom stereocenters. The fourth-order valence-corrected chi connectivity index (χ4v) is 2.54. The number of rotatable bonds is 5. The van der Waals surface area contributed by atoms with Crippen LogP contribution in [0.4, 0.5) is 0 Å². The maximum atomic E-state index is 10.4. The third-order valence-corrected chi connectivity index (χ3v) is 3.73. The summed E-state index contributed by atoms with van der Waals surface area (Å²) in [7, 11) is 0. The van der Waals surface area contributed by atoms with Crippen molar-refractivity contribution < 1.29 is 5.11 Å². The zero-order valence-corrected chi connectivity index (χ0v) is 10.4. The highest BCUT2D eigenvalue weighted by molar-refractivity contribution is 4.84. The summed E-state index contributed by atoms with van der Waals surface area (Å²) in [4.78, 5) is 0. The molecule has 0 aromatic heterocycles. The van der Waals surface area contributed by atoms with Gasteiger partial charge >= 0.3 is 0 Å². The first-order valence-electron chi connectivity index (χ1n) is 6.63. The van der Waals surface area contributed by atoms with Crippen molar-refractivity contribution in [3.63, 3.8) is 0 Å². The number of hydrogen-bond donors (Lipinski definition) is 2. The van der Waals surface area contributed by atoms with Crippen molar-refractivity contribution in [1.29, 1.82) is 0 Å². The zero-order chi connectivity index (χ0) is 11.1. The molecule has 2 nitrogen and oxygen atoms in total. The predicted octanol–water partition coefficient (Wildman–Crippen LogP) is 2.71. The highest BCUT2D eigenvalue weighted by Crippen LogP contribution is 2.31. The van der Waals surface area contributed by atoms with Crippen molar-refractivity contribution in [3.8, 4) is 0 Å². The number of nitrogens with one attached hydrogen (secondary N) is 1. The summed E-state index contributed by atoms with van der Waals surface area (Å²) in [5, 5.41) is 13.8. The van der Waals surface area contributed by atoms with Gasteiger partial charge in [-0.25, -0.2) is 0 Å². The van der Waals surface area contributed by atoms with Crippen LogP contribution in [0.5, 0.6) is 0 Å². The van der Waals surface area contributed by atoms with Crippen molar-refractivity contribution in [2.45, 2.75) is 64.4 Å². The van der Waals surface area contributed by atoms with Crippen molar-refractivity contribution in [2.75, 3.05) is 13.1 Å². The number of aliphatic hydroxyl groups is 1. The third kappa shape index (κ3) is 4.52. The van der Waals surface area contributed by atoms with Gasteiger partial charge < -0.3 is 10.4 Å². The van der Waals surface area contributed by atoms with Crippen molar-refractivity contribution in [2.24, 2.45) is 5.92 Å². The molecule has 1 rings (SSSR count). The molecule has 2 N–H and O–H groups in total. The van der Waals surface area contributed by atoms with E-state index in [1.807, 2.05) is 0 Å². The summed E-state index contributed by atoms with van der Waals surface area (Å²) in [6, 6.07) is 0. The number of hydrogen-bond acceptors (Lipinski definition) is 2. The van der Waals surface area contributed by atoms with Gasteiger partial charge in [0, 0.05) is 6.54 Å². The van der Waals surface area contributed by atoms with Crippen LogP contribution < -0.4 is 5.32 Å². The van der Waals surface area contributed by atoms with E-state index < -0.39 is 5.60 Å². The van der Waals surface area contributed by atoms with Gasteiger partial charge in [0.1, 0.15) is 0 Å². The monoisotopic (exact) mass is 213 g/mol. The van der Waals surface area contributed by atoms with Gasteiger partial charge in [-0.3, -0.25) is 0 Å². The van der Waals surface area contributed by atoms with Crippen LogP contribution in [0.2, 0.25) is 0 Å². The summed E-state index contributed by atoms with van der Waals surface area (Å²) in [6.45, 7) is 6.25. The second-order valence-corrected chi connectivity index (χ2v) is 5.11. The van der Waals surface area contributed by atoms with Crippen LogP contribution in [-0.2, 0) is 0 Å². The lowest BCUT2D eigenvalue weighted by Gasteiger charge is -2.27. The molecule has 90 valence electrons. The first-order valence-corrected chi connectivity index (χ1v) is 6.63. The van der Waals surface area contributed by atoms with Crippen molar-refractivity contribution in [1.82, 2.24) is 5.32 Å². The Morgan fingerprint density at radius 2 is 2.07 bits per heavy atom. The molecule has 0 radical (unpaired) electrons. The van der Waals surface area contributed by atoms with Gasteiger partial charge in [0.05, 0.1) is 5.60 Å². The van der Waals surface area contributed by atoms with E-state index in [0.717, 1.165) is 38.3 Å². The lowest BCUT2D eigenvalue weighted by atomic mass is 9.93. The molecule has 15 heavy (non-hydrogen) atoms. The summed E-state index contributed by atoms with van der Waals surface area (Å²) < 4.78 is 0. The Hall–Kier alpha value is -0.0800. The van der Waals surface area contributed by atoms with E-state index in [4.69, 9.17) is 0 Å². The summed E-state index contributed by atoms with van der Waals surface area (Å²) in [5.41, 5.74) is -0.418. The Balaban J connectivity index is 2.33. The highest BCUT2D eigenvalue weighted by Gasteiger charge is 2.29. The molecular formula is C13H27NO. The molecule has 0 aliphatic heterocycles. The van der Waals surface area contributed by atoms with Gasteiger partial charge in [-0.2, -0.15) is 0 Å². The van der Waals surface area contributed by atoms with Gasteiger partial charge in [0.15, 0.2) is 0 Å².